The van der Waals surface area contributed by atoms with Gasteiger partial charge in [0.05, 0.1) is 11.9 Å². The van der Waals surface area contributed by atoms with Crippen LogP contribution in [0.15, 0.2) is 42.7 Å². The molecule has 0 spiro atoms. The predicted octanol–water partition coefficient (Wildman–Crippen LogP) is 3.47. The number of amides is 2. The van der Waals surface area contributed by atoms with Crippen LogP contribution in [0.3, 0.4) is 0 Å². The number of urea groups is 1. The van der Waals surface area contributed by atoms with Gasteiger partial charge in [-0.25, -0.2) is 9.48 Å². The number of hydrogen-bond acceptors (Lipinski definition) is 3. The number of nitrogens with one attached hydrogen (secondary N) is 2. The lowest BCUT2D eigenvalue weighted by Crippen LogP contribution is -2.47. The molecule has 0 bridgehead atoms. The van der Waals surface area contributed by atoms with Gasteiger partial charge in [0, 0.05) is 25.3 Å². The van der Waals surface area contributed by atoms with Crippen LogP contribution in [-0.4, -0.2) is 52.9 Å². The molecule has 154 valence electrons. The zero-order chi connectivity index (χ0) is 20.4. The molecule has 6 nitrogen and oxygen atoms in total. The number of rotatable bonds is 11. The first-order chi connectivity index (χ1) is 13.5. The van der Waals surface area contributed by atoms with Crippen LogP contribution in [0, 0.1) is 5.92 Å². The first kappa shape index (κ1) is 22.0. The SMILES string of the molecule is CCN(CC)C(CNC(=O)NCCc1cnn(-c2ccccc2)c1)CC(C)C. The summed E-state index contributed by atoms with van der Waals surface area (Å²) in [5, 5.41) is 10.4. The number of likely N-dealkylation sites (N-methyl/N-ethyl adjacent to an activating group) is 1. The van der Waals surface area contributed by atoms with E-state index in [4.69, 9.17) is 0 Å². The Morgan fingerprint density at radius 2 is 1.86 bits per heavy atom. The number of carbonyl (C=O) groups is 1. The number of hydrogen-bond donors (Lipinski definition) is 2. The Labute approximate surface area is 169 Å². The average molecular weight is 386 g/mol. The lowest BCUT2D eigenvalue weighted by atomic mass is 10.0. The summed E-state index contributed by atoms with van der Waals surface area (Å²) in [6.45, 7) is 12.1. The topological polar surface area (TPSA) is 62.2 Å². The highest BCUT2D eigenvalue weighted by Gasteiger charge is 2.17. The second-order valence-corrected chi connectivity index (χ2v) is 7.52. The Bertz CT molecular complexity index is 694. The summed E-state index contributed by atoms with van der Waals surface area (Å²) in [6, 6.07) is 10.3. The smallest absolute Gasteiger partial charge is 0.314 e. The lowest BCUT2D eigenvalue weighted by molar-refractivity contribution is 0.184. The largest absolute Gasteiger partial charge is 0.338 e. The molecule has 1 aromatic carbocycles. The molecular formula is C22H35N5O. The van der Waals surface area contributed by atoms with Gasteiger partial charge in [0.25, 0.3) is 0 Å². The van der Waals surface area contributed by atoms with E-state index in [0.29, 0.717) is 25.0 Å². The van der Waals surface area contributed by atoms with E-state index in [9.17, 15) is 4.79 Å². The van der Waals surface area contributed by atoms with Crippen LogP contribution >= 0.6 is 0 Å². The van der Waals surface area contributed by atoms with E-state index in [1.807, 2.05) is 47.4 Å². The Kier molecular flexibility index (Phi) is 9.01. The zero-order valence-corrected chi connectivity index (χ0v) is 17.7. The van der Waals surface area contributed by atoms with E-state index in [-0.39, 0.29) is 6.03 Å². The fourth-order valence-corrected chi connectivity index (χ4v) is 3.45. The van der Waals surface area contributed by atoms with Gasteiger partial charge in [-0.1, -0.05) is 45.9 Å². The minimum absolute atomic E-state index is 0.101. The van der Waals surface area contributed by atoms with Crippen molar-refractivity contribution in [2.45, 2.75) is 46.6 Å². The maximum atomic E-state index is 12.2. The third kappa shape index (κ3) is 7.00. The van der Waals surface area contributed by atoms with Crippen molar-refractivity contribution in [1.29, 1.82) is 0 Å². The third-order valence-corrected chi connectivity index (χ3v) is 4.93. The van der Waals surface area contributed by atoms with E-state index >= 15 is 0 Å². The van der Waals surface area contributed by atoms with Gasteiger partial charge in [-0.2, -0.15) is 5.10 Å². The van der Waals surface area contributed by atoms with Crippen molar-refractivity contribution in [3.63, 3.8) is 0 Å². The van der Waals surface area contributed by atoms with Gasteiger partial charge in [0.15, 0.2) is 0 Å². The van der Waals surface area contributed by atoms with Crippen LogP contribution in [0.25, 0.3) is 5.69 Å². The minimum Gasteiger partial charge on any atom is -0.338 e. The molecule has 0 aliphatic rings. The van der Waals surface area contributed by atoms with Crippen LogP contribution in [0.1, 0.15) is 39.7 Å². The van der Waals surface area contributed by atoms with Crippen LogP contribution in [0.5, 0.6) is 0 Å². The second-order valence-electron chi connectivity index (χ2n) is 7.52. The van der Waals surface area contributed by atoms with Crippen molar-refractivity contribution >= 4 is 6.03 Å². The van der Waals surface area contributed by atoms with E-state index in [1.165, 1.54) is 0 Å². The van der Waals surface area contributed by atoms with Crippen LogP contribution in [0.2, 0.25) is 0 Å². The fourth-order valence-electron chi connectivity index (χ4n) is 3.45. The van der Waals surface area contributed by atoms with Crippen molar-refractivity contribution in [3.05, 3.63) is 48.3 Å². The molecule has 0 aliphatic heterocycles. The van der Waals surface area contributed by atoms with Crippen LogP contribution in [-0.2, 0) is 6.42 Å². The van der Waals surface area contributed by atoms with E-state index < -0.39 is 0 Å². The van der Waals surface area contributed by atoms with Gasteiger partial charge in [0.1, 0.15) is 0 Å². The summed E-state index contributed by atoms with van der Waals surface area (Å²) in [4.78, 5) is 14.6. The number of benzene rings is 1. The molecule has 1 heterocycles. The van der Waals surface area contributed by atoms with Crippen molar-refractivity contribution in [1.82, 2.24) is 25.3 Å². The highest BCUT2D eigenvalue weighted by Crippen LogP contribution is 2.11. The monoisotopic (exact) mass is 385 g/mol. The number of carbonyl (C=O) groups excluding carboxylic acids is 1. The van der Waals surface area contributed by atoms with Crippen LogP contribution < -0.4 is 10.6 Å². The van der Waals surface area contributed by atoms with Gasteiger partial charge >= 0.3 is 6.03 Å². The normalized spacial score (nSPS) is 12.4. The first-order valence-corrected chi connectivity index (χ1v) is 10.4. The van der Waals surface area contributed by atoms with E-state index in [1.54, 1.807) is 0 Å². The van der Waals surface area contributed by atoms with Gasteiger partial charge < -0.3 is 10.6 Å². The zero-order valence-electron chi connectivity index (χ0n) is 17.7. The fraction of sp³-hybridized carbons (Fsp3) is 0.545. The predicted molar refractivity (Wildman–Crippen MR) is 115 cm³/mol. The molecule has 28 heavy (non-hydrogen) atoms. The molecule has 2 aromatic rings. The number of para-hydroxylation sites is 1. The van der Waals surface area contributed by atoms with Gasteiger partial charge in [0.2, 0.25) is 0 Å². The van der Waals surface area contributed by atoms with Crippen molar-refractivity contribution in [2.24, 2.45) is 5.92 Å². The summed E-state index contributed by atoms with van der Waals surface area (Å²) < 4.78 is 1.86. The first-order valence-electron chi connectivity index (χ1n) is 10.4. The van der Waals surface area contributed by atoms with Gasteiger partial charge in [-0.3, -0.25) is 4.90 Å². The quantitative estimate of drug-likeness (QED) is 0.623. The minimum atomic E-state index is -0.101. The molecule has 2 amide bonds. The maximum absolute atomic E-state index is 12.2. The van der Waals surface area contributed by atoms with E-state index in [2.05, 4.69) is 48.3 Å². The summed E-state index contributed by atoms with van der Waals surface area (Å²) in [7, 11) is 0. The van der Waals surface area contributed by atoms with Crippen LogP contribution in [0.4, 0.5) is 4.79 Å². The van der Waals surface area contributed by atoms with Gasteiger partial charge in [-0.05, 0) is 49.5 Å². The Balaban J connectivity index is 1.75. The molecule has 0 fully saturated rings. The summed E-state index contributed by atoms with van der Waals surface area (Å²) in [6.07, 6.45) is 5.70. The number of aromatic nitrogens is 2. The average Bonchev–Trinajstić information content (AvgIpc) is 3.16. The highest BCUT2D eigenvalue weighted by atomic mass is 16.2. The molecule has 6 heteroatoms. The molecule has 0 aliphatic carbocycles. The lowest BCUT2D eigenvalue weighted by Gasteiger charge is -2.31. The number of nitrogens with zero attached hydrogens (tertiary/aromatic N) is 3. The summed E-state index contributed by atoms with van der Waals surface area (Å²) in [5.74, 6) is 0.608. The standard InChI is InChI=1S/C22H35N5O/c1-5-26(6-2)21(14-18(3)4)16-24-22(28)23-13-12-19-15-25-27(17-19)20-10-8-7-9-11-20/h7-11,15,17-18,21H,5-6,12-14,16H2,1-4H3,(H2,23,24,28). The van der Waals surface area contributed by atoms with Gasteiger partial charge in [-0.15, -0.1) is 0 Å². The van der Waals surface area contributed by atoms with Crippen molar-refractivity contribution in [3.8, 4) is 5.69 Å². The second kappa shape index (κ2) is 11.5. The molecule has 0 saturated carbocycles. The molecule has 0 saturated heterocycles. The highest BCUT2D eigenvalue weighted by molar-refractivity contribution is 5.73. The summed E-state index contributed by atoms with van der Waals surface area (Å²) in [5.41, 5.74) is 2.14. The molecular weight excluding hydrogens is 350 g/mol. The molecule has 2 N–H and O–H groups in total. The van der Waals surface area contributed by atoms with E-state index in [0.717, 1.165) is 37.2 Å². The molecule has 2 rings (SSSR count). The van der Waals surface area contributed by atoms with Crippen molar-refractivity contribution in [2.75, 3.05) is 26.2 Å². The Morgan fingerprint density at radius 1 is 1.14 bits per heavy atom. The molecule has 1 atom stereocenters. The summed E-state index contributed by atoms with van der Waals surface area (Å²) >= 11 is 0. The molecule has 0 radical (unpaired) electrons. The molecule has 1 unspecified atom stereocenters. The Hall–Kier alpha value is -2.34. The molecule has 1 aromatic heterocycles. The van der Waals surface area contributed by atoms with Crippen molar-refractivity contribution < 1.29 is 4.79 Å². The third-order valence-electron chi connectivity index (χ3n) is 4.93. The Morgan fingerprint density at radius 3 is 2.50 bits per heavy atom. The maximum Gasteiger partial charge on any atom is 0.314 e.